The number of nitriles is 1. The fourth-order valence-electron chi connectivity index (χ4n) is 1.97. The van der Waals surface area contributed by atoms with E-state index < -0.39 is 6.04 Å². The van der Waals surface area contributed by atoms with Gasteiger partial charge in [-0.2, -0.15) is 5.26 Å². The number of nitrogens with zero attached hydrogens (tertiary/aromatic N) is 3. The molecular weight excluding hydrogens is 268 g/mol. The van der Waals surface area contributed by atoms with E-state index in [1.54, 1.807) is 24.4 Å². The highest BCUT2D eigenvalue weighted by molar-refractivity contribution is 5.81. The molecule has 1 amide bonds. The number of carbonyl (C=O) groups is 1. The fourth-order valence-corrected chi connectivity index (χ4v) is 1.97. The van der Waals surface area contributed by atoms with Gasteiger partial charge in [0.2, 0.25) is 5.91 Å². The Balaban J connectivity index is 2.63. The summed E-state index contributed by atoms with van der Waals surface area (Å²) >= 11 is 0. The minimum absolute atomic E-state index is 0.134. The average molecular weight is 290 g/mol. The largest absolute Gasteiger partial charge is 0.385 e. The van der Waals surface area contributed by atoms with E-state index >= 15 is 0 Å². The van der Waals surface area contributed by atoms with Gasteiger partial charge in [0.1, 0.15) is 0 Å². The Morgan fingerprint density at radius 3 is 3.05 bits per heavy atom. The highest BCUT2D eigenvalue weighted by atomic mass is 16.5. The zero-order chi connectivity index (χ0) is 15.5. The number of nitrogens with two attached hydrogens (primary N) is 1. The van der Waals surface area contributed by atoms with E-state index in [1.807, 2.05) is 12.1 Å². The van der Waals surface area contributed by atoms with E-state index in [0.29, 0.717) is 26.1 Å². The van der Waals surface area contributed by atoms with Gasteiger partial charge >= 0.3 is 0 Å². The molecule has 0 aliphatic heterocycles. The molecular formula is C15H22N4O2. The van der Waals surface area contributed by atoms with Crippen LogP contribution in [0.25, 0.3) is 0 Å². The maximum absolute atomic E-state index is 12.4. The molecule has 1 aromatic rings. The molecule has 0 saturated carbocycles. The molecule has 1 heterocycles. The van der Waals surface area contributed by atoms with E-state index in [-0.39, 0.29) is 12.3 Å². The first-order chi connectivity index (χ1) is 10.2. The van der Waals surface area contributed by atoms with Crippen LogP contribution in [0.5, 0.6) is 0 Å². The summed E-state index contributed by atoms with van der Waals surface area (Å²) in [7, 11) is 1.62. The lowest BCUT2D eigenvalue weighted by atomic mass is 10.1. The Morgan fingerprint density at radius 1 is 1.62 bits per heavy atom. The highest BCUT2D eigenvalue weighted by Gasteiger charge is 2.20. The zero-order valence-electron chi connectivity index (χ0n) is 12.4. The van der Waals surface area contributed by atoms with Crippen LogP contribution >= 0.6 is 0 Å². The lowest BCUT2D eigenvalue weighted by molar-refractivity contribution is -0.133. The molecule has 0 aliphatic carbocycles. The van der Waals surface area contributed by atoms with E-state index in [9.17, 15) is 4.79 Å². The smallest absolute Gasteiger partial charge is 0.239 e. The van der Waals surface area contributed by atoms with Crippen LogP contribution in [0.4, 0.5) is 0 Å². The first kappa shape index (κ1) is 17.1. The Morgan fingerprint density at radius 2 is 2.43 bits per heavy atom. The summed E-state index contributed by atoms with van der Waals surface area (Å²) in [5.74, 6) is -0.134. The van der Waals surface area contributed by atoms with Gasteiger partial charge in [-0.3, -0.25) is 9.78 Å². The number of aromatic nitrogens is 1. The second-order valence-corrected chi connectivity index (χ2v) is 4.77. The third-order valence-electron chi connectivity index (χ3n) is 3.08. The summed E-state index contributed by atoms with van der Waals surface area (Å²) in [5, 5.41) is 8.73. The Bertz CT molecular complexity index is 458. The molecule has 0 saturated heterocycles. The van der Waals surface area contributed by atoms with Crippen LogP contribution in [0.1, 0.15) is 24.8 Å². The molecule has 0 fully saturated rings. The number of hydrogen-bond acceptors (Lipinski definition) is 5. The van der Waals surface area contributed by atoms with Crippen LogP contribution in [0, 0.1) is 11.3 Å². The first-order valence-electron chi connectivity index (χ1n) is 6.98. The summed E-state index contributed by atoms with van der Waals surface area (Å²) in [6.45, 7) is 1.39. The summed E-state index contributed by atoms with van der Waals surface area (Å²) in [6.07, 6.45) is 4.99. The molecule has 0 bridgehead atoms. The molecule has 1 rings (SSSR count). The SMILES string of the molecule is COCCCC(N)C(=O)N(CCC#N)Cc1cccnc1. The van der Waals surface area contributed by atoms with Crippen molar-refractivity contribution in [1.29, 1.82) is 5.26 Å². The predicted molar refractivity (Wildman–Crippen MR) is 79.0 cm³/mol. The van der Waals surface area contributed by atoms with Crippen molar-refractivity contribution in [3.05, 3.63) is 30.1 Å². The van der Waals surface area contributed by atoms with Gasteiger partial charge in [0.05, 0.1) is 18.5 Å². The lowest BCUT2D eigenvalue weighted by Crippen LogP contribution is -2.43. The van der Waals surface area contributed by atoms with Crippen LogP contribution in [-0.2, 0) is 16.1 Å². The molecule has 1 unspecified atom stereocenters. The van der Waals surface area contributed by atoms with Gasteiger partial charge in [-0.15, -0.1) is 0 Å². The van der Waals surface area contributed by atoms with Crippen molar-refractivity contribution in [3.63, 3.8) is 0 Å². The molecule has 0 spiro atoms. The average Bonchev–Trinajstić information content (AvgIpc) is 2.51. The number of methoxy groups -OCH3 is 1. The number of hydrogen-bond donors (Lipinski definition) is 1. The van der Waals surface area contributed by atoms with Gasteiger partial charge in [0.25, 0.3) is 0 Å². The molecule has 6 heteroatoms. The number of ether oxygens (including phenoxy) is 1. The molecule has 21 heavy (non-hydrogen) atoms. The third kappa shape index (κ3) is 6.34. The van der Waals surface area contributed by atoms with Gasteiger partial charge in [-0.05, 0) is 24.5 Å². The minimum Gasteiger partial charge on any atom is -0.385 e. The Labute approximate surface area is 125 Å². The maximum Gasteiger partial charge on any atom is 0.239 e. The van der Waals surface area contributed by atoms with Crippen molar-refractivity contribution in [2.24, 2.45) is 5.73 Å². The van der Waals surface area contributed by atoms with Crippen LogP contribution in [0.15, 0.2) is 24.5 Å². The normalized spacial score (nSPS) is 11.7. The molecule has 1 aromatic heterocycles. The Hall–Kier alpha value is -1.97. The lowest BCUT2D eigenvalue weighted by Gasteiger charge is -2.25. The molecule has 0 aromatic carbocycles. The second-order valence-electron chi connectivity index (χ2n) is 4.77. The number of carbonyl (C=O) groups excluding carboxylic acids is 1. The van der Waals surface area contributed by atoms with Crippen molar-refractivity contribution in [3.8, 4) is 6.07 Å². The highest BCUT2D eigenvalue weighted by Crippen LogP contribution is 2.08. The van der Waals surface area contributed by atoms with E-state index in [4.69, 9.17) is 15.7 Å². The molecule has 6 nitrogen and oxygen atoms in total. The van der Waals surface area contributed by atoms with Gasteiger partial charge in [-0.1, -0.05) is 6.07 Å². The van der Waals surface area contributed by atoms with Crippen molar-refractivity contribution in [2.45, 2.75) is 31.8 Å². The predicted octanol–water partition coefficient (Wildman–Crippen LogP) is 1.08. The number of amides is 1. The molecule has 0 radical (unpaired) electrons. The summed E-state index contributed by atoms with van der Waals surface area (Å²) < 4.78 is 4.96. The number of rotatable bonds is 9. The van der Waals surface area contributed by atoms with Crippen LogP contribution < -0.4 is 5.73 Å². The van der Waals surface area contributed by atoms with E-state index in [2.05, 4.69) is 11.1 Å². The van der Waals surface area contributed by atoms with E-state index in [1.165, 1.54) is 0 Å². The summed E-state index contributed by atoms with van der Waals surface area (Å²) in [4.78, 5) is 18.0. The van der Waals surface area contributed by atoms with E-state index in [0.717, 1.165) is 12.0 Å². The van der Waals surface area contributed by atoms with Gasteiger partial charge in [0.15, 0.2) is 0 Å². The summed E-state index contributed by atoms with van der Waals surface area (Å²) in [5.41, 5.74) is 6.86. The maximum atomic E-state index is 12.4. The second kappa shape index (κ2) is 9.86. The first-order valence-corrected chi connectivity index (χ1v) is 6.98. The zero-order valence-corrected chi connectivity index (χ0v) is 12.4. The molecule has 1 atom stereocenters. The van der Waals surface area contributed by atoms with Crippen LogP contribution in [0.3, 0.4) is 0 Å². The molecule has 2 N–H and O–H groups in total. The fraction of sp³-hybridized carbons (Fsp3) is 0.533. The Kier molecular flexibility index (Phi) is 8.02. The molecule has 0 aliphatic rings. The summed E-state index contributed by atoms with van der Waals surface area (Å²) in [6, 6.07) is 5.22. The van der Waals surface area contributed by atoms with Crippen molar-refractivity contribution >= 4 is 5.91 Å². The van der Waals surface area contributed by atoms with Gasteiger partial charge in [-0.25, -0.2) is 0 Å². The van der Waals surface area contributed by atoms with Crippen LogP contribution in [0.2, 0.25) is 0 Å². The molecule has 114 valence electrons. The minimum atomic E-state index is -0.560. The third-order valence-corrected chi connectivity index (χ3v) is 3.08. The quantitative estimate of drug-likeness (QED) is 0.687. The number of pyridine rings is 1. The van der Waals surface area contributed by atoms with Crippen molar-refractivity contribution < 1.29 is 9.53 Å². The van der Waals surface area contributed by atoms with Gasteiger partial charge < -0.3 is 15.4 Å². The van der Waals surface area contributed by atoms with Crippen molar-refractivity contribution in [2.75, 3.05) is 20.3 Å². The van der Waals surface area contributed by atoms with Crippen molar-refractivity contribution in [1.82, 2.24) is 9.88 Å². The van der Waals surface area contributed by atoms with Gasteiger partial charge in [0, 0.05) is 39.2 Å². The monoisotopic (exact) mass is 290 g/mol. The van der Waals surface area contributed by atoms with Crippen LogP contribution in [-0.4, -0.2) is 42.1 Å². The standard InChI is InChI=1S/C15H22N4O2/c1-21-10-3-6-14(17)15(20)19(9-4-7-16)12-13-5-2-8-18-11-13/h2,5,8,11,14H,3-4,6,9-10,12,17H2,1H3. The topological polar surface area (TPSA) is 92.2 Å².